The second-order valence-corrected chi connectivity index (χ2v) is 4.94. The molecule has 0 radical (unpaired) electrons. The number of nitrogens with one attached hydrogen (secondary N) is 1. The second-order valence-electron chi connectivity index (χ2n) is 4.94. The van der Waals surface area contributed by atoms with E-state index in [4.69, 9.17) is 0 Å². The largest absolute Gasteiger partial charge is 0.433 e. The van der Waals surface area contributed by atoms with Gasteiger partial charge >= 0.3 is 6.18 Å². The summed E-state index contributed by atoms with van der Waals surface area (Å²) in [5.74, 6) is 0. The normalized spacial score (nSPS) is 13.1. The lowest BCUT2D eigenvalue weighted by Gasteiger charge is -2.21. The fourth-order valence-electron chi connectivity index (χ4n) is 1.48. The predicted molar refractivity (Wildman–Crippen MR) is 59.5 cm³/mol. The van der Waals surface area contributed by atoms with Gasteiger partial charge in [-0.2, -0.15) is 18.3 Å². The fourth-order valence-corrected chi connectivity index (χ4v) is 1.48. The van der Waals surface area contributed by atoms with Crippen molar-refractivity contribution in [2.24, 2.45) is 0 Å². The van der Waals surface area contributed by atoms with Crippen molar-refractivity contribution in [3.05, 3.63) is 17.5 Å². The lowest BCUT2D eigenvalue weighted by atomic mass is 10.1. The average molecular weight is 249 g/mol. The van der Waals surface area contributed by atoms with Crippen molar-refractivity contribution in [1.29, 1.82) is 0 Å². The van der Waals surface area contributed by atoms with E-state index in [1.807, 2.05) is 20.8 Å². The number of nitrogens with zero attached hydrogens (tertiary/aromatic N) is 2. The molecule has 1 rings (SSSR count). The van der Waals surface area contributed by atoms with Crippen molar-refractivity contribution in [2.75, 3.05) is 0 Å². The maximum absolute atomic E-state index is 12.9. The smallest absolute Gasteiger partial charge is 0.308 e. The molecule has 0 saturated carbocycles. The summed E-state index contributed by atoms with van der Waals surface area (Å²) in [6.45, 7) is 7.74. The summed E-state index contributed by atoms with van der Waals surface area (Å²) in [7, 11) is 0. The molecule has 0 aliphatic rings. The molecule has 17 heavy (non-hydrogen) atoms. The Morgan fingerprint density at radius 1 is 1.29 bits per heavy atom. The third-order valence-electron chi connectivity index (χ3n) is 2.29. The van der Waals surface area contributed by atoms with Crippen LogP contribution in [-0.4, -0.2) is 15.3 Å². The molecular weight excluding hydrogens is 231 g/mol. The van der Waals surface area contributed by atoms with Gasteiger partial charge in [0.1, 0.15) is 5.69 Å². The standard InChI is InChI=1S/C11H18F3N3/c1-5-17-9(11(12,13)14)8(7-16-17)6-15-10(2,3)4/h7,15H,5-6H2,1-4H3. The molecule has 0 amide bonds. The van der Waals surface area contributed by atoms with Crippen molar-refractivity contribution < 1.29 is 13.2 Å². The van der Waals surface area contributed by atoms with Gasteiger partial charge in [-0.25, -0.2) is 0 Å². The van der Waals surface area contributed by atoms with E-state index in [9.17, 15) is 13.2 Å². The van der Waals surface area contributed by atoms with Gasteiger partial charge in [0.2, 0.25) is 0 Å². The van der Waals surface area contributed by atoms with E-state index < -0.39 is 11.9 Å². The second kappa shape index (κ2) is 4.68. The van der Waals surface area contributed by atoms with E-state index in [1.54, 1.807) is 6.92 Å². The third-order valence-corrected chi connectivity index (χ3v) is 2.29. The highest BCUT2D eigenvalue weighted by molar-refractivity contribution is 5.21. The van der Waals surface area contributed by atoms with Crippen LogP contribution in [0.2, 0.25) is 0 Å². The Labute approximate surface area is 99.0 Å². The van der Waals surface area contributed by atoms with E-state index in [2.05, 4.69) is 10.4 Å². The topological polar surface area (TPSA) is 29.9 Å². The zero-order valence-electron chi connectivity index (χ0n) is 10.5. The molecule has 98 valence electrons. The maximum Gasteiger partial charge on any atom is 0.433 e. The minimum atomic E-state index is -4.36. The van der Waals surface area contributed by atoms with Crippen molar-refractivity contribution in [3.63, 3.8) is 0 Å². The Hall–Kier alpha value is -1.04. The number of halogens is 3. The molecule has 3 nitrogen and oxygen atoms in total. The van der Waals surface area contributed by atoms with Gasteiger partial charge in [0.05, 0.1) is 6.20 Å². The molecule has 1 aromatic heterocycles. The number of aromatic nitrogens is 2. The van der Waals surface area contributed by atoms with Crippen molar-refractivity contribution >= 4 is 0 Å². The van der Waals surface area contributed by atoms with Gasteiger partial charge < -0.3 is 5.32 Å². The molecule has 0 aliphatic heterocycles. The zero-order chi connectivity index (χ0) is 13.3. The van der Waals surface area contributed by atoms with E-state index in [-0.39, 0.29) is 24.2 Å². The molecule has 1 aromatic rings. The molecular formula is C11H18F3N3. The first-order valence-corrected chi connectivity index (χ1v) is 5.52. The van der Waals surface area contributed by atoms with E-state index in [1.165, 1.54) is 6.20 Å². The molecule has 0 fully saturated rings. The molecule has 1 N–H and O–H groups in total. The Morgan fingerprint density at radius 3 is 2.29 bits per heavy atom. The lowest BCUT2D eigenvalue weighted by molar-refractivity contribution is -0.144. The van der Waals surface area contributed by atoms with E-state index in [0.717, 1.165) is 4.68 Å². The van der Waals surface area contributed by atoms with Crippen LogP contribution >= 0.6 is 0 Å². The highest BCUT2D eigenvalue weighted by atomic mass is 19.4. The van der Waals surface area contributed by atoms with Gasteiger partial charge in [-0.3, -0.25) is 4.68 Å². The Balaban J connectivity index is 2.97. The predicted octanol–water partition coefficient (Wildman–Crippen LogP) is 2.81. The molecule has 0 aromatic carbocycles. The highest BCUT2D eigenvalue weighted by Gasteiger charge is 2.37. The van der Waals surface area contributed by atoms with Gasteiger partial charge in [-0.05, 0) is 27.7 Å². The third kappa shape index (κ3) is 3.73. The molecule has 0 unspecified atom stereocenters. The monoisotopic (exact) mass is 249 g/mol. The molecule has 0 bridgehead atoms. The molecule has 0 aliphatic carbocycles. The summed E-state index contributed by atoms with van der Waals surface area (Å²) in [5, 5.41) is 6.79. The van der Waals surface area contributed by atoms with Crippen molar-refractivity contribution in [1.82, 2.24) is 15.1 Å². The summed E-state index contributed by atoms with van der Waals surface area (Å²) in [5.41, 5.74) is -0.692. The van der Waals surface area contributed by atoms with E-state index >= 15 is 0 Å². The number of hydrogen-bond acceptors (Lipinski definition) is 2. The van der Waals surface area contributed by atoms with Crippen molar-refractivity contribution in [2.45, 2.75) is 52.5 Å². The first-order chi connectivity index (χ1) is 7.65. The SMILES string of the molecule is CCn1ncc(CNC(C)(C)C)c1C(F)(F)F. The fraction of sp³-hybridized carbons (Fsp3) is 0.727. The molecule has 0 spiro atoms. The lowest BCUT2D eigenvalue weighted by Crippen LogP contribution is -2.35. The van der Waals surface area contributed by atoms with Crippen LogP contribution in [0.5, 0.6) is 0 Å². The van der Waals surface area contributed by atoms with Gasteiger partial charge in [0.15, 0.2) is 0 Å². The highest BCUT2D eigenvalue weighted by Crippen LogP contribution is 2.32. The first-order valence-electron chi connectivity index (χ1n) is 5.52. The van der Waals surface area contributed by atoms with Gasteiger partial charge in [-0.15, -0.1) is 0 Å². The Kier molecular flexibility index (Phi) is 3.86. The summed E-state index contributed by atoms with van der Waals surface area (Å²) in [4.78, 5) is 0. The molecule has 6 heteroatoms. The maximum atomic E-state index is 12.9. The van der Waals surface area contributed by atoms with Gasteiger partial charge in [0.25, 0.3) is 0 Å². The summed E-state index contributed by atoms with van der Waals surface area (Å²) < 4.78 is 39.6. The van der Waals surface area contributed by atoms with Crippen LogP contribution in [0.3, 0.4) is 0 Å². The quantitative estimate of drug-likeness (QED) is 0.892. The molecule has 0 saturated heterocycles. The minimum absolute atomic E-state index is 0.165. The van der Waals surface area contributed by atoms with Gasteiger partial charge in [0, 0.05) is 24.2 Å². The Bertz CT molecular complexity index is 374. The molecule has 1 heterocycles. The van der Waals surface area contributed by atoms with Crippen molar-refractivity contribution in [3.8, 4) is 0 Å². The molecule has 0 atom stereocenters. The number of aryl methyl sites for hydroxylation is 1. The number of alkyl halides is 3. The number of rotatable bonds is 3. The number of hydrogen-bond donors (Lipinski definition) is 1. The van der Waals surface area contributed by atoms with Crippen LogP contribution < -0.4 is 5.32 Å². The summed E-state index contributed by atoms with van der Waals surface area (Å²) in [6.07, 6.45) is -3.08. The average Bonchev–Trinajstić information content (AvgIpc) is 2.55. The van der Waals surface area contributed by atoms with Crippen LogP contribution in [0.1, 0.15) is 39.0 Å². The zero-order valence-corrected chi connectivity index (χ0v) is 10.5. The summed E-state index contributed by atoms with van der Waals surface area (Å²) in [6, 6.07) is 0. The minimum Gasteiger partial charge on any atom is -0.308 e. The Morgan fingerprint density at radius 2 is 1.88 bits per heavy atom. The summed E-state index contributed by atoms with van der Waals surface area (Å²) >= 11 is 0. The van der Waals surface area contributed by atoms with Crippen LogP contribution in [-0.2, 0) is 19.3 Å². The first kappa shape index (κ1) is 14.0. The van der Waals surface area contributed by atoms with E-state index in [0.29, 0.717) is 0 Å². The van der Waals surface area contributed by atoms with Crippen LogP contribution in [0.15, 0.2) is 6.20 Å². The van der Waals surface area contributed by atoms with Crippen LogP contribution in [0.25, 0.3) is 0 Å². The van der Waals surface area contributed by atoms with Crippen LogP contribution in [0.4, 0.5) is 13.2 Å². The van der Waals surface area contributed by atoms with Gasteiger partial charge in [-0.1, -0.05) is 0 Å². The van der Waals surface area contributed by atoms with Crippen LogP contribution in [0, 0.1) is 0 Å².